The SMILES string of the molecule is CC1(C)COC2(CC[C@]3(C)C4CCC5C(CC[C@@H]5O[N+](=O)[O-])C4CC[C@H]3C2)N1O.CC1(C)COC2(CC[C@]3(C)C4CC[C@@]5(C)C(CC[C@H]5O[N+](=O)[O-])C4CC[C@H]3C2)N1O. The molecule has 8 saturated carbocycles. The van der Waals surface area contributed by atoms with E-state index in [1.54, 1.807) is 0 Å². The Kier molecular flexibility index (Phi) is 10.3. The second kappa shape index (κ2) is 14.3. The quantitative estimate of drug-likeness (QED) is 0.204. The van der Waals surface area contributed by atoms with Crippen LogP contribution in [0, 0.1) is 89.7 Å². The van der Waals surface area contributed by atoms with Crippen molar-refractivity contribution < 1.29 is 39.7 Å². The fraction of sp³-hybridized carbons (Fsp3) is 1.00. The van der Waals surface area contributed by atoms with Gasteiger partial charge < -0.3 is 29.6 Å². The molecule has 16 atom stereocenters. The maximum atomic E-state index is 11.0. The summed E-state index contributed by atoms with van der Waals surface area (Å²) in [5, 5.41) is 45.7. The van der Waals surface area contributed by atoms with Crippen LogP contribution in [0.5, 0.6) is 0 Å². The minimum Gasteiger partial charge on any atom is -0.356 e. The molecule has 0 radical (unpaired) electrons. The minimum absolute atomic E-state index is 0.0617. The van der Waals surface area contributed by atoms with Gasteiger partial charge in [-0.3, -0.25) is 0 Å². The van der Waals surface area contributed by atoms with E-state index in [0.29, 0.717) is 66.5 Å². The highest BCUT2D eigenvalue weighted by molar-refractivity contribution is 5.13. The van der Waals surface area contributed by atoms with Crippen LogP contribution in [0.15, 0.2) is 0 Å². The zero-order valence-electron chi connectivity index (χ0n) is 36.9. The first-order valence-electron chi connectivity index (χ1n) is 23.6. The predicted molar refractivity (Wildman–Crippen MR) is 215 cm³/mol. The molecule has 0 amide bonds. The molecule has 14 heteroatoms. The summed E-state index contributed by atoms with van der Waals surface area (Å²) < 4.78 is 12.5. The van der Waals surface area contributed by atoms with Crippen molar-refractivity contribution in [2.75, 3.05) is 13.2 Å². The van der Waals surface area contributed by atoms with Crippen LogP contribution in [0.3, 0.4) is 0 Å². The summed E-state index contributed by atoms with van der Waals surface area (Å²) in [6.07, 6.45) is 18.3. The van der Waals surface area contributed by atoms with Crippen LogP contribution in [-0.4, -0.2) is 78.7 Å². The van der Waals surface area contributed by atoms with Gasteiger partial charge in [-0.15, -0.1) is 20.2 Å². The topological polar surface area (TPSA) is 170 Å². The van der Waals surface area contributed by atoms with Gasteiger partial charge in [-0.1, -0.05) is 20.8 Å². The van der Waals surface area contributed by atoms with Crippen molar-refractivity contribution in [1.82, 2.24) is 10.1 Å². The van der Waals surface area contributed by atoms with Crippen LogP contribution in [0.4, 0.5) is 0 Å². The molecule has 2 spiro atoms. The Labute approximate surface area is 350 Å². The second-order valence-corrected chi connectivity index (χ2v) is 23.6. The van der Waals surface area contributed by atoms with Crippen molar-refractivity contribution in [3.8, 4) is 0 Å². The van der Waals surface area contributed by atoms with E-state index in [0.717, 1.165) is 83.5 Å². The highest BCUT2D eigenvalue weighted by atomic mass is 17.0. The van der Waals surface area contributed by atoms with Gasteiger partial charge in [0.05, 0.1) is 24.3 Å². The highest BCUT2D eigenvalue weighted by Crippen LogP contribution is 2.69. The van der Waals surface area contributed by atoms with Crippen molar-refractivity contribution >= 4 is 0 Å². The second-order valence-electron chi connectivity index (χ2n) is 23.6. The molecule has 14 nitrogen and oxygen atoms in total. The summed E-state index contributed by atoms with van der Waals surface area (Å²) in [5.74, 6) is 5.30. The summed E-state index contributed by atoms with van der Waals surface area (Å²) >= 11 is 0. The molecule has 0 aromatic rings. The van der Waals surface area contributed by atoms with E-state index in [9.17, 15) is 30.6 Å². The van der Waals surface area contributed by atoms with Gasteiger partial charge in [0.15, 0.2) is 0 Å². The third kappa shape index (κ3) is 6.50. The number of hydrogen-bond donors (Lipinski definition) is 2. The van der Waals surface area contributed by atoms with Gasteiger partial charge in [-0.2, -0.15) is 10.1 Å². The first-order chi connectivity index (χ1) is 27.7. The average Bonchev–Trinajstić information content (AvgIpc) is 3.87. The molecule has 59 heavy (non-hydrogen) atoms. The summed E-state index contributed by atoms with van der Waals surface area (Å²) in [4.78, 5) is 32.2. The van der Waals surface area contributed by atoms with E-state index >= 15 is 0 Å². The molecule has 9 unspecified atom stereocenters. The van der Waals surface area contributed by atoms with E-state index in [1.807, 2.05) is 0 Å². The molecule has 2 N–H and O–H groups in total. The lowest BCUT2D eigenvalue weighted by Crippen LogP contribution is -2.60. The summed E-state index contributed by atoms with van der Waals surface area (Å²) in [6.45, 7) is 16.6. The summed E-state index contributed by atoms with van der Waals surface area (Å²) in [7, 11) is 0. The van der Waals surface area contributed by atoms with Crippen molar-refractivity contribution in [1.29, 1.82) is 0 Å². The largest absolute Gasteiger partial charge is 0.356 e. The van der Waals surface area contributed by atoms with Crippen molar-refractivity contribution in [3.63, 3.8) is 0 Å². The Bertz CT molecular complexity index is 1650. The van der Waals surface area contributed by atoms with Crippen LogP contribution in [0.1, 0.15) is 164 Å². The molecular formula is C45H74N4O10. The van der Waals surface area contributed by atoms with Crippen molar-refractivity contribution in [3.05, 3.63) is 20.2 Å². The molecule has 2 heterocycles. The molecule has 334 valence electrons. The predicted octanol–water partition coefficient (Wildman–Crippen LogP) is 9.21. The van der Waals surface area contributed by atoms with Crippen LogP contribution in [0.25, 0.3) is 0 Å². The van der Waals surface area contributed by atoms with Gasteiger partial charge in [-0.05, 0) is 213 Å². The lowest BCUT2D eigenvalue weighted by Gasteiger charge is -2.62. The zero-order chi connectivity index (χ0) is 42.1. The van der Waals surface area contributed by atoms with Gasteiger partial charge in [0.2, 0.25) is 0 Å². The molecule has 10 fully saturated rings. The van der Waals surface area contributed by atoms with E-state index in [1.165, 1.54) is 42.2 Å². The Morgan fingerprint density at radius 3 is 1.53 bits per heavy atom. The third-order valence-electron chi connectivity index (χ3n) is 20.3. The van der Waals surface area contributed by atoms with Crippen molar-refractivity contribution in [2.24, 2.45) is 69.5 Å². The van der Waals surface area contributed by atoms with Gasteiger partial charge in [0.25, 0.3) is 10.2 Å². The Balaban J connectivity index is 0.000000152. The first kappa shape index (κ1) is 42.5. The smallest absolute Gasteiger partial charge is 0.294 e. The van der Waals surface area contributed by atoms with Gasteiger partial charge >= 0.3 is 0 Å². The molecular weight excluding hydrogens is 757 g/mol. The Morgan fingerprint density at radius 1 is 0.525 bits per heavy atom. The molecule has 0 bridgehead atoms. The fourth-order valence-corrected chi connectivity index (χ4v) is 17.1. The fourth-order valence-electron chi connectivity index (χ4n) is 17.1. The summed E-state index contributed by atoms with van der Waals surface area (Å²) in [6, 6.07) is 0. The molecule has 10 rings (SSSR count). The molecule has 2 saturated heterocycles. The Hall–Kier alpha value is -1.84. The standard InChI is InChI=1S/C23H38N2O5.C22H36N2O5/c1-20(2)14-29-23(24(20)26)12-11-21(3)15(13-23)5-6-16-17-7-8-19(30-25(27)28)22(17,4)10-9-18(16)21;1-20(2)13-28-22(23(20)25)11-10-21(3)14(12-22)4-5-16-15-7-9-19(29-24(26)27)17(15)6-8-18(16)21/h15-19,26H,5-14H2,1-4H3;14-19,25H,4-13H2,1-3H3/t15-,16?,17?,18?,19+,21-,22-,23?;14-,15?,16?,17?,18?,19-,21-,22?/m00/s1. The number of nitrogens with zero attached hydrogens (tertiary/aromatic N) is 4. The third-order valence-corrected chi connectivity index (χ3v) is 20.3. The number of hydroxylamine groups is 4. The monoisotopic (exact) mass is 831 g/mol. The van der Waals surface area contributed by atoms with E-state index in [-0.39, 0.29) is 39.5 Å². The van der Waals surface area contributed by atoms with Gasteiger partial charge in [-0.25, -0.2) is 0 Å². The first-order valence-corrected chi connectivity index (χ1v) is 23.6. The molecule has 2 aliphatic heterocycles. The van der Waals surface area contributed by atoms with Gasteiger partial charge in [0, 0.05) is 0 Å². The average molecular weight is 831 g/mol. The number of rotatable bonds is 4. The molecule has 0 aromatic heterocycles. The zero-order valence-corrected chi connectivity index (χ0v) is 36.9. The summed E-state index contributed by atoms with van der Waals surface area (Å²) in [5.41, 5.74) is -1.16. The number of fused-ring (bicyclic) bond motifs is 10. The number of hydrogen-bond acceptors (Lipinski definition) is 12. The normalized spacial score (nSPS) is 51.9. The van der Waals surface area contributed by atoms with Crippen LogP contribution >= 0.6 is 0 Å². The molecule has 8 aliphatic carbocycles. The van der Waals surface area contributed by atoms with E-state index < -0.39 is 21.6 Å². The van der Waals surface area contributed by atoms with Crippen molar-refractivity contribution in [2.45, 2.75) is 199 Å². The maximum absolute atomic E-state index is 11.0. The lowest BCUT2D eigenvalue weighted by molar-refractivity contribution is -0.772. The highest BCUT2D eigenvalue weighted by Gasteiger charge is 2.66. The Morgan fingerprint density at radius 2 is 1.00 bits per heavy atom. The van der Waals surface area contributed by atoms with Crippen LogP contribution in [0.2, 0.25) is 0 Å². The van der Waals surface area contributed by atoms with E-state index in [4.69, 9.17) is 19.1 Å². The number of ether oxygens (including phenoxy) is 2. The van der Waals surface area contributed by atoms with Gasteiger partial charge in [0.1, 0.15) is 23.7 Å². The van der Waals surface area contributed by atoms with Crippen LogP contribution in [-0.2, 0) is 19.1 Å². The molecule has 0 aromatic carbocycles. The lowest BCUT2D eigenvalue weighted by atomic mass is 9.44. The van der Waals surface area contributed by atoms with E-state index in [2.05, 4.69) is 48.5 Å². The minimum atomic E-state index is -0.582. The maximum Gasteiger partial charge on any atom is 0.294 e. The van der Waals surface area contributed by atoms with Crippen LogP contribution < -0.4 is 0 Å². The molecule has 10 aliphatic rings.